The van der Waals surface area contributed by atoms with E-state index in [0.717, 1.165) is 16.7 Å². The van der Waals surface area contributed by atoms with Crippen LogP contribution >= 0.6 is 0 Å². The number of hydrogen-bond acceptors (Lipinski definition) is 7. The minimum Gasteiger partial charge on any atom is -0.440 e. The molecule has 9 heteroatoms. The highest BCUT2D eigenvalue weighted by molar-refractivity contribution is 5.73. The summed E-state index contributed by atoms with van der Waals surface area (Å²) in [5.74, 6) is 0.488. The third-order valence-electron chi connectivity index (χ3n) is 4.80. The van der Waals surface area contributed by atoms with Crippen LogP contribution in [0.15, 0.2) is 84.9 Å². The molecule has 0 spiro atoms. The first kappa shape index (κ1) is 22.7. The lowest BCUT2D eigenvalue weighted by molar-refractivity contribution is -0.147. The van der Waals surface area contributed by atoms with Gasteiger partial charge in [0.2, 0.25) is 6.73 Å². The molecule has 0 atom stereocenters. The van der Waals surface area contributed by atoms with Crippen molar-refractivity contribution >= 4 is 12.1 Å². The molecule has 0 radical (unpaired) electrons. The first-order chi connectivity index (χ1) is 16.6. The second-order valence-corrected chi connectivity index (χ2v) is 7.44. The number of aromatic nitrogens is 4. The molecule has 1 N–H and O–H groups in total. The molecule has 0 saturated carbocycles. The number of nitrogens with zero attached hydrogens (tertiary/aromatic N) is 4. The van der Waals surface area contributed by atoms with Crippen molar-refractivity contribution in [1.29, 1.82) is 0 Å². The van der Waals surface area contributed by atoms with E-state index in [1.165, 1.54) is 4.80 Å². The van der Waals surface area contributed by atoms with Gasteiger partial charge in [0.25, 0.3) is 0 Å². The summed E-state index contributed by atoms with van der Waals surface area (Å²) in [6.45, 7) is 0.251. The third kappa shape index (κ3) is 6.99. The van der Waals surface area contributed by atoms with Crippen molar-refractivity contribution < 1.29 is 19.1 Å². The third-order valence-corrected chi connectivity index (χ3v) is 4.80. The standard InChI is InChI=1S/C25H23N5O4/c31-24(33-18-30-28-23(27-29-30)15-19-7-3-1-4-8-19)16-20-11-13-22(14-12-20)34-25(32)26-17-21-9-5-2-6-10-21/h1-14H,15-18H2,(H,26,32). The van der Waals surface area contributed by atoms with Crippen molar-refractivity contribution in [1.82, 2.24) is 25.5 Å². The molecule has 0 fully saturated rings. The van der Waals surface area contributed by atoms with E-state index >= 15 is 0 Å². The van der Waals surface area contributed by atoms with Crippen LogP contribution in [0.2, 0.25) is 0 Å². The zero-order valence-corrected chi connectivity index (χ0v) is 18.3. The van der Waals surface area contributed by atoms with E-state index in [2.05, 4.69) is 20.7 Å². The van der Waals surface area contributed by atoms with Crippen molar-refractivity contribution in [2.45, 2.75) is 26.1 Å². The van der Waals surface area contributed by atoms with Gasteiger partial charge < -0.3 is 14.8 Å². The van der Waals surface area contributed by atoms with E-state index in [-0.39, 0.29) is 13.2 Å². The lowest BCUT2D eigenvalue weighted by atomic mass is 10.1. The van der Waals surface area contributed by atoms with E-state index in [1.807, 2.05) is 60.7 Å². The second-order valence-electron chi connectivity index (χ2n) is 7.44. The molecular weight excluding hydrogens is 434 g/mol. The zero-order valence-electron chi connectivity index (χ0n) is 18.3. The number of rotatable bonds is 9. The summed E-state index contributed by atoms with van der Waals surface area (Å²) in [6, 6.07) is 26.0. The molecular formula is C25H23N5O4. The first-order valence-electron chi connectivity index (χ1n) is 10.7. The number of hydrogen-bond donors (Lipinski definition) is 1. The Bertz CT molecular complexity index is 1210. The van der Waals surface area contributed by atoms with Gasteiger partial charge in [-0.2, -0.15) is 0 Å². The topological polar surface area (TPSA) is 108 Å². The predicted molar refractivity (Wildman–Crippen MR) is 123 cm³/mol. The van der Waals surface area contributed by atoms with Gasteiger partial charge in [-0.15, -0.1) is 15.0 Å². The Kier molecular flexibility index (Phi) is 7.58. The van der Waals surface area contributed by atoms with Gasteiger partial charge in [-0.1, -0.05) is 72.8 Å². The Morgan fingerprint density at radius 3 is 2.21 bits per heavy atom. The molecule has 1 amide bonds. The molecule has 34 heavy (non-hydrogen) atoms. The van der Waals surface area contributed by atoms with Crippen molar-refractivity contribution in [3.05, 3.63) is 107 Å². The van der Waals surface area contributed by atoms with Gasteiger partial charge in [-0.25, -0.2) is 4.79 Å². The largest absolute Gasteiger partial charge is 0.440 e. The van der Waals surface area contributed by atoms with Gasteiger partial charge in [0, 0.05) is 13.0 Å². The smallest absolute Gasteiger partial charge is 0.412 e. The lowest BCUT2D eigenvalue weighted by Crippen LogP contribution is -2.26. The molecule has 0 saturated heterocycles. The van der Waals surface area contributed by atoms with Gasteiger partial charge in [0.05, 0.1) is 6.42 Å². The quantitative estimate of drug-likeness (QED) is 0.384. The number of tetrazole rings is 1. The molecule has 1 heterocycles. The number of nitrogens with one attached hydrogen (secondary N) is 1. The minimum atomic E-state index is -0.553. The summed E-state index contributed by atoms with van der Waals surface area (Å²) in [4.78, 5) is 25.3. The molecule has 0 aliphatic rings. The van der Waals surface area contributed by atoms with Gasteiger partial charge >= 0.3 is 12.1 Å². The molecule has 9 nitrogen and oxygen atoms in total. The number of benzene rings is 3. The van der Waals surface area contributed by atoms with Gasteiger partial charge in [0.1, 0.15) is 5.75 Å². The Morgan fingerprint density at radius 2 is 1.50 bits per heavy atom. The number of ether oxygens (including phenoxy) is 2. The van der Waals surface area contributed by atoms with E-state index in [1.54, 1.807) is 24.3 Å². The Hall–Kier alpha value is -4.53. The van der Waals surface area contributed by atoms with Crippen LogP contribution in [0.3, 0.4) is 0 Å². The van der Waals surface area contributed by atoms with Crippen molar-refractivity contribution in [3.8, 4) is 5.75 Å². The molecule has 3 aromatic carbocycles. The van der Waals surface area contributed by atoms with Gasteiger partial charge in [-0.3, -0.25) is 4.79 Å². The highest BCUT2D eigenvalue weighted by atomic mass is 16.6. The van der Waals surface area contributed by atoms with E-state index in [4.69, 9.17) is 9.47 Å². The van der Waals surface area contributed by atoms with Crippen LogP contribution in [0.4, 0.5) is 4.79 Å². The number of carbonyl (C=O) groups excluding carboxylic acids is 2. The molecule has 4 aromatic rings. The maximum Gasteiger partial charge on any atom is 0.412 e. The SMILES string of the molecule is O=C(Cc1ccc(OC(=O)NCc2ccccc2)cc1)OCn1nnc(Cc2ccccc2)n1. The minimum absolute atomic E-state index is 0.0616. The van der Waals surface area contributed by atoms with Crippen LogP contribution in [0.1, 0.15) is 22.5 Å². The highest BCUT2D eigenvalue weighted by Crippen LogP contribution is 2.13. The average Bonchev–Trinajstić information content (AvgIpc) is 3.31. The monoisotopic (exact) mass is 457 g/mol. The fourth-order valence-electron chi connectivity index (χ4n) is 3.12. The summed E-state index contributed by atoms with van der Waals surface area (Å²) < 4.78 is 10.5. The summed E-state index contributed by atoms with van der Waals surface area (Å²) in [5, 5.41) is 14.8. The van der Waals surface area contributed by atoms with Crippen LogP contribution in [0.25, 0.3) is 0 Å². The zero-order chi connectivity index (χ0) is 23.6. The molecule has 0 bridgehead atoms. The maximum absolute atomic E-state index is 12.2. The van der Waals surface area contributed by atoms with E-state index in [0.29, 0.717) is 24.5 Å². The van der Waals surface area contributed by atoms with Crippen molar-refractivity contribution in [3.63, 3.8) is 0 Å². The summed E-state index contributed by atoms with van der Waals surface area (Å²) in [7, 11) is 0. The Balaban J connectivity index is 1.19. The van der Waals surface area contributed by atoms with Gasteiger partial charge in [-0.05, 0) is 34.0 Å². The van der Waals surface area contributed by atoms with Crippen molar-refractivity contribution in [2.24, 2.45) is 0 Å². The van der Waals surface area contributed by atoms with Crippen LogP contribution < -0.4 is 10.1 Å². The molecule has 4 rings (SSSR count). The fourth-order valence-corrected chi connectivity index (χ4v) is 3.12. The normalized spacial score (nSPS) is 10.5. The van der Waals surface area contributed by atoms with Crippen LogP contribution in [0.5, 0.6) is 5.75 Å². The molecule has 0 aliphatic heterocycles. The Labute approximate surface area is 196 Å². The van der Waals surface area contributed by atoms with E-state index < -0.39 is 12.1 Å². The maximum atomic E-state index is 12.2. The number of carbonyl (C=O) groups is 2. The Morgan fingerprint density at radius 1 is 0.824 bits per heavy atom. The summed E-state index contributed by atoms with van der Waals surface area (Å²) in [6.07, 6.45) is 0.0579. The summed E-state index contributed by atoms with van der Waals surface area (Å²) >= 11 is 0. The summed E-state index contributed by atoms with van der Waals surface area (Å²) in [5.41, 5.74) is 2.76. The average molecular weight is 457 g/mol. The van der Waals surface area contributed by atoms with Gasteiger partial charge in [0.15, 0.2) is 5.82 Å². The lowest BCUT2D eigenvalue weighted by Gasteiger charge is -2.08. The number of esters is 1. The fraction of sp³-hybridized carbons (Fsp3) is 0.160. The molecule has 172 valence electrons. The molecule has 1 aromatic heterocycles. The van der Waals surface area contributed by atoms with Crippen LogP contribution in [-0.4, -0.2) is 32.3 Å². The first-order valence-corrected chi connectivity index (χ1v) is 10.7. The van der Waals surface area contributed by atoms with E-state index in [9.17, 15) is 9.59 Å². The number of amides is 1. The van der Waals surface area contributed by atoms with Crippen molar-refractivity contribution in [2.75, 3.05) is 0 Å². The highest BCUT2D eigenvalue weighted by Gasteiger charge is 2.10. The molecule has 0 aliphatic carbocycles. The second kappa shape index (κ2) is 11.4. The molecule has 0 unspecified atom stereocenters. The predicted octanol–water partition coefficient (Wildman–Crippen LogP) is 3.30. The van der Waals surface area contributed by atoms with Crippen LogP contribution in [0, 0.1) is 0 Å². The van der Waals surface area contributed by atoms with Crippen LogP contribution in [-0.2, 0) is 35.6 Å².